The Morgan fingerprint density at radius 3 is 2.45 bits per heavy atom. The number of benzene rings is 1. The van der Waals surface area contributed by atoms with E-state index in [1.807, 2.05) is 33.8 Å². The second-order valence-electron chi connectivity index (χ2n) is 9.01. The zero-order valence-corrected chi connectivity index (χ0v) is 20.3. The topological polar surface area (TPSA) is 137 Å². The van der Waals surface area contributed by atoms with Gasteiger partial charge >= 0.3 is 10.2 Å². The smallest absolute Gasteiger partial charge is 0.367 e. The summed E-state index contributed by atoms with van der Waals surface area (Å²) in [6, 6.07) is 6.04. The van der Waals surface area contributed by atoms with Crippen molar-refractivity contribution in [3.8, 4) is 5.75 Å². The van der Waals surface area contributed by atoms with E-state index >= 15 is 0 Å². The predicted molar refractivity (Wildman–Crippen MR) is 127 cm³/mol. The van der Waals surface area contributed by atoms with Crippen LogP contribution < -0.4 is 10.6 Å². The first kappa shape index (κ1) is 24.3. The average molecular weight is 476 g/mol. The number of phenolic OH excluding ortho intramolecular Hbond substituents is 1. The molecule has 1 amide bonds. The van der Waals surface area contributed by atoms with Crippen LogP contribution in [0.4, 0.5) is 5.69 Å². The number of phenols is 1. The number of carbonyl (C=O) groups excluding carboxylic acids is 1. The molecule has 1 aliphatic rings. The normalized spacial score (nSPS) is 16.1. The Balaban J connectivity index is 1.95. The van der Waals surface area contributed by atoms with E-state index in [0.29, 0.717) is 5.76 Å². The number of para-hydroxylation sites is 1. The van der Waals surface area contributed by atoms with Crippen molar-refractivity contribution in [2.24, 2.45) is 14.2 Å². The largest absolute Gasteiger partial charge is 0.505 e. The van der Waals surface area contributed by atoms with E-state index in [-0.39, 0.29) is 34.1 Å². The maximum Gasteiger partial charge on any atom is 0.367 e. The molecule has 1 aromatic carbocycles. The van der Waals surface area contributed by atoms with Gasteiger partial charge in [0.05, 0.1) is 23.6 Å². The molecular formula is C22H29N5O5S. The maximum absolute atomic E-state index is 12.3. The van der Waals surface area contributed by atoms with Crippen LogP contribution in [-0.2, 0) is 16.6 Å². The molecule has 2 heterocycles. The molecule has 1 atom stereocenters. The molecule has 0 unspecified atom stereocenters. The zero-order valence-electron chi connectivity index (χ0n) is 19.5. The minimum atomic E-state index is -4.13. The number of rotatable bonds is 5. The molecule has 0 radical (unpaired) electrons. The number of anilines is 1. The number of hydrogen-bond acceptors (Lipinski definition) is 7. The van der Waals surface area contributed by atoms with Crippen LogP contribution >= 0.6 is 0 Å². The number of nitrogens with zero attached hydrogens (tertiary/aromatic N) is 3. The molecule has 1 aliphatic heterocycles. The molecule has 10 nitrogen and oxygen atoms in total. The van der Waals surface area contributed by atoms with E-state index in [0.717, 1.165) is 12.0 Å². The second-order valence-corrected chi connectivity index (χ2v) is 10.3. The van der Waals surface area contributed by atoms with Gasteiger partial charge in [0.15, 0.2) is 17.4 Å². The molecule has 0 aliphatic carbocycles. The molecule has 0 saturated heterocycles. The van der Waals surface area contributed by atoms with Gasteiger partial charge in [0.25, 0.3) is 5.91 Å². The van der Waals surface area contributed by atoms with Crippen LogP contribution in [0.25, 0.3) is 0 Å². The highest BCUT2D eigenvalue weighted by Gasteiger charge is 2.34. The van der Waals surface area contributed by atoms with E-state index < -0.39 is 22.2 Å². The molecule has 0 saturated carbocycles. The van der Waals surface area contributed by atoms with Gasteiger partial charge in [-0.1, -0.05) is 33.8 Å². The highest BCUT2D eigenvalue weighted by atomic mass is 32.2. The quantitative estimate of drug-likeness (QED) is 0.565. The lowest BCUT2D eigenvalue weighted by atomic mass is 9.85. The first-order chi connectivity index (χ1) is 15.3. The van der Waals surface area contributed by atoms with Gasteiger partial charge in [-0.25, -0.2) is 0 Å². The number of furan rings is 1. The van der Waals surface area contributed by atoms with Crippen LogP contribution in [0.1, 0.15) is 55.4 Å². The molecule has 3 rings (SSSR count). The van der Waals surface area contributed by atoms with Gasteiger partial charge in [-0.3, -0.25) is 4.79 Å². The number of aryl methyl sites for hydroxylation is 1. The van der Waals surface area contributed by atoms with Gasteiger partial charge in [-0.15, -0.1) is 8.80 Å². The van der Waals surface area contributed by atoms with Gasteiger partial charge < -0.3 is 25.1 Å². The SMILES string of the molecule is CCc1coc([C@H](NC2=NS(=O)(=O)N=C2Nc2cccc(C(=O)N(C)C)c2O)C(C)(C)C)c1. The first-order valence-electron chi connectivity index (χ1n) is 10.4. The van der Waals surface area contributed by atoms with Crippen LogP contribution in [0.3, 0.4) is 0 Å². The average Bonchev–Trinajstić information content (AvgIpc) is 3.29. The van der Waals surface area contributed by atoms with Crippen LogP contribution in [0.15, 0.2) is 43.7 Å². The summed E-state index contributed by atoms with van der Waals surface area (Å²) in [5, 5.41) is 16.6. The molecule has 2 aromatic rings. The standard InChI is InChI=1S/C22H29N5O5S/c1-7-13-11-16(32-12-13)18(22(2,3)4)24-20-19(25-33(30,31)26-20)23-15-10-8-9-14(17(15)28)21(29)27(5)6/h8-12,18,28H,7H2,1-6H3,(H,23,25)(H,24,26)/t18-/m0/s1. The third kappa shape index (κ3) is 5.36. The minimum absolute atomic E-state index is 0.0203. The van der Waals surface area contributed by atoms with Crippen LogP contribution in [-0.4, -0.2) is 50.1 Å². The summed E-state index contributed by atoms with van der Waals surface area (Å²) < 4.78 is 37.6. The van der Waals surface area contributed by atoms with Gasteiger partial charge in [0.2, 0.25) is 0 Å². The third-order valence-electron chi connectivity index (χ3n) is 5.08. The van der Waals surface area contributed by atoms with Gasteiger partial charge in [-0.2, -0.15) is 8.42 Å². The molecular weight excluding hydrogens is 446 g/mol. The molecule has 3 N–H and O–H groups in total. The molecule has 0 fully saturated rings. The van der Waals surface area contributed by atoms with Crippen molar-refractivity contribution in [2.75, 3.05) is 19.4 Å². The number of carbonyl (C=O) groups is 1. The summed E-state index contributed by atoms with van der Waals surface area (Å²) in [6.45, 7) is 7.96. The fraction of sp³-hybridized carbons (Fsp3) is 0.409. The number of nitrogens with one attached hydrogen (secondary N) is 2. The van der Waals surface area contributed by atoms with E-state index in [1.54, 1.807) is 26.4 Å². The Morgan fingerprint density at radius 1 is 1.21 bits per heavy atom. The number of hydrogen-bond donors (Lipinski definition) is 3. The van der Waals surface area contributed by atoms with Crippen molar-refractivity contribution in [1.82, 2.24) is 10.2 Å². The summed E-state index contributed by atoms with van der Waals surface area (Å²) >= 11 is 0. The molecule has 0 bridgehead atoms. The van der Waals surface area contributed by atoms with E-state index in [1.165, 1.54) is 17.0 Å². The van der Waals surface area contributed by atoms with E-state index in [4.69, 9.17) is 4.42 Å². The minimum Gasteiger partial charge on any atom is -0.505 e. The Labute approximate surface area is 193 Å². The Kier molecular flexibility index (Phi) is 6.55. The fourth-order valence-corrected chi connectivity index (χ4v) is 4.06. The summed E-state index contributed by atoms with van der Waals surface area (Å²) in [7, 11) is -0.997. The summed E-state index contributed by atoms with van der Waals surface area (Å²) in [5.74, 6) is -0.216. The lowest BCUT2D eigenvalue weighted by Crippen LogP contribution is -2.41. The fourth-order valence-electron chi connectivity index (χ4n) is 3.28. The van der Waals surface area contributed by atoms with Crippen molar-refractivity contribution in [1.29, 1.82) is 0 Å². The highest BCUT2D eigenvalue weighted by Crippen LogP contribution is 2.35. The summed E-state index contributed by atoms with van der Waals surface area (Å²) in [5.41, 5.74) is 0.823. The van der Waals surface area contributed by atoms with Crippen LogP contribution in [0, 0.1) is 5.41 Å². The van der Waals surface area contributed by atoms with E-state index in [9.17, 15) is 18.3 Å². The Bertz CT molecular complexity index is 1220. The van der Waals surface area contributed by atoms with Crippen LogP contribution in [0.2, 0.25) is 0 Å². The lowest BCUT2D eigenvalue weighted by Gasteiger charge is -2.30. The molecule has 33 heavy (non-hydrogen) atoms. The van der Waals surface area contributed by atoms with Crippen molar-refractivity contribution >= 4 is 33.5 Å². The molecule has 1 aromatic heterocycles. The van der Waals surface area contributed by atoms with Crippen LogP contribution in [0.5, 0.6) is 5.75 Å². The summed E-state index contributed by atoms with van der Waals surface area (Å²) in [4.78, 5) is 13.7. The van der Waals surface area contributed by atoms with E-state index in [2.05, 4.69) is 19.4 Å². The Morgan fingerprint density at radius 2 is 1.88 bits per heavy atom. The van der Waals surface area contributed by atoms with Gasteiger partial charge in [-0.05, 0) is 35.6 Å². The highest BCUT2D eigenvalue weighted by molar-refractivity contribution is 7.89. The second kappa shape index (κ2) is 8.89. The van der Waals surface area contributed by atoms with Crippen molar-refractivity contribution in [2.45, 2.75) is 40.2 Å². The van der Waals surface area contributed by atoms with Gasteiger partial charge in [0.1, 0.15) is 5.76 Å². The number of amidine groups is 2. The summed E-state index contributed by atoms with van der Waals surface area (Å²) in [6.07, 6.45) is 2.47. The number of aromatic hydroxyl groups is 1. The first-order valence-corrected chi connectivity index (χ1v) is 11.8. The van der Waals surface area contributed by atoms with Crippen molar-refractivity contribution in [3.63, 3.8) is 0 Å². The van der Waals surface area contributed by atoms with Crippen molar-refractivity contribution < 1.29 is 22.7 Å². The maximum atomic E-state index is 12.3. The molecule has 11 heteroatoms. The number of amides is 1. The third-order valence-corrected chi connectivity index (χ3v) is 5.90. The lowest BCUT2D eigenvalue weighted by molar-refractivity contribution is 0.0824. The van der Waals surface area contributed by atoms with Gasteiger partial charge in [0, 0.05) is 14.1 Å². The Hall–Kier alpha value is -3.34. The zero-order chi connectivity index (χ0) is 24.6. The molecule has 0 spiro atoms. The molecule has 178 valence electrons. The monoisotopic (exact) mass is 475 g/mol. The predicted octanol–water partition coefficient (Wildman–Crippen LogP) is 3.09. The van der Waals surface area contributed by atoms with Crippen molar-refractivity contribution in [3.05, 3.63) is 47.4 Å².